The second-order valence-corrected chi connectivity index (χ2v) is 7.44. The van der Waals surface area contributed by atoms with Gasteiger partial charge in [-0.1, -0.05) is 23.7 Å². The molecule has 1 aliphatic heterocycles. The van der Waals surface area contributed by atoms with Gasteiger partial charge in [-0.2, -0.15) is 0 Å². The summed E-state index contributed by atoms with van der Waals surface area (Å²) in [6.07, 6.45) is 0.548. The van der Waals surface area contributed by atoms with Crippen molar-refractivity contribution in [3.63, 3.8) is 0 Å². The molecule has 1 aromatic rings. The summed E-state index contributed by atoms with van der Waals surface area (Å²) in [7, 11) is 0. The molecule has 2 amide bonds. The molecule has 1 aliphatic rings. The van der Waals surface area contributed by atoms with Gasteiger partial charge in [-0.25, -0.2) is 0 Å². The molecule has 0 aromatic heterocycles. The number of hydrogen-bond acceptors (Lipinski definition) is 3. The van der Waals surface area contributed by atoms with E-state index in [1.54, 1.807) is 17.0 Å². The summed E-state index contributed by atoms with van der Waals surface area (Å²) < 4.78 is 0. The molecule has 1 heterocycles. The smallest absolute Gasteiger partial charge is 0.247 e. The van der Waals surface area contributed by atoms with Crippen molar-refractivity contribution in [3.05, 3.63) is 34.9 Å². The van der Waals surface area contributed by atoms with E-state index in [2.05, 4.69) is 10.6 Å². The summed E-state index contributed by atoms with van der Waals surface area (Å²) in [5, 5.41) is 6.80. The topological polar surface area (TPSA) is 61.4 Å². The summed E-state index contributed by atoms with van der Waals surface area (Å²) in [6.45, 7) is 6.38. The quantitative estimate of drug-likeness (QED) is 0.740. The molecule has 0 spiro atoms. The Bertz CT molecular complexity index is 613. The third kappa shape index (κ3) is 4.27. The molecule has 2 rings (SSSR count). The van der Waals surface area contributed by atoms with Crippen LogP contribution in [0.2, 0.25) is 5.02 Å². The van der Waals surface area contributed by atoms with E-state index in [-0.39, 0.29) is 23.7 Å². The second kappa shape index (κ2) is 8.39. The number of amides is 2. The fraction of sp³-hybridized carbons (Fsp3) is 0.556. The molecule has 2 N–H and O–H groups in total. The van der Waals surface area contributed by atoms with E-state index in [0.717, 1.165) is 5.56 Å². The Hall–Kier alpha value is -1.30. The highest BCUT2D eigenvalue weighted by Gasteiger charge is 2.50. The molecule has 0 aliphatic carbocycles. The predicted molar refractivity (Wildman–Crippen MR) is 101 cm³/mol. The maximum atomic E-state index is 13.0. The van der Waals surface area contributed by atoms with Gasteiger partial charge in [0.1, 0.15) is 5.54 Å². The van der Waals surface area contributed by atoms with Crippen molar-refractivity contribution in [2.45, 2.75) is 44.8 Å². The van der Waals surface area contributed by atoms with Crippen LogP contribution in [0.5, 0.6) is 0 Å². The van der Waals surface area contributed by atoms with Crippen molar-refractivity contribution in [1.82, 2.24) is 15.5 Å². The third-order valence-corrected chi connectivity index (χ3v) is 5.03. The van der Waals surface area contributed by atoms with Crippen molar-refractivity contribution in [2.75, 3.05) is 19.0 Å². The Balaban J connectivity index is 2.46. The highest BCUT2D eigenvalue weighted by atomic mass is 35.5. The number of halogens is 2. The van der Waals surface area contributed by atoms with Crippen LogP contribution < -0.4 is 10.6 Å². The molecule has 0 saturated carbocycles. The van der Waals surface area contributed by atoms with Crippen molar-refractivity contribution in [1.29, 1.82) is 0 Å². The molecule has 2 unspecified atom stereocenters. The minimum Gasteiger partial charge on any atom is -0.352 e. The molecule has 7 heteroatoms. The third-order valence-electron chi connectivity index (χ3n) is 4.49. The Morgan fingerprint density at radius 2 is 1.96 bits per heavy atom. The van der Waals surface area contributed by atoms with E-state index in [1.807, 2.05) is 26.0 Å². The lowest BCUT2D eigenvalue weighted by molar-refractivity contribution is -0.148. The van der Waals surface area contributed by atoms with E-state index in [4.69, 9.17) is 23.2 Å². The lowest BCUT2D eigenvalue weighted by atomic mass is 9.90. The number of benzene rings is 1. The molecular formula is C18H25Cl2N3O2. The second-order valence-electron chi connectivity index (χ2n) is 6.70. The van der Waals surface area contributed by atoms with Gasteiger partial charge in [0, 0.05) is 30.4 Å². The zero-order chi connectivity index (χ0) is 18.6. The zero-order valence-corrected chi connectivity index (χ0v) is 16.3. The molecule has 0 bridgehead atoms. The normalized spacial score (nSPS) is 21.2. The van der Waals surface area contributed by atoms with E-state index < -0.39 is 11.6 Å². The molecular weight excluding hydrogens is 361 g/mol. The first-order valence-electron chi connectivity index (χ1n) is 8.45. The van der Waals surface area contributed by atoms with Crippen LogP contribution in [0.1, 0.15) is 38.8 Å². The fourth-order valence-electron chi connectivity index (χ4n) is 3.40. The van der Waals surface area contributed by atoms with E-state index in [1.165, 1.54) is 6.92 Å². The maximum absolute atomic E-state index is 13.0. The van der Waals surface area contributed by atoms with Crippen LogP contribution in [-0.4, -0.2) is 47.3 Å². The Kier molecular flexibility index (Phi) is 6.72. The minimum absolute atomic E-state index is 0.0104. The van der Waals surface area contributed by atoms with Crippen LogP contribution in [0.4, 0.5) is 0 Å². The van der Waals surface area contributed by atoms with Crippen LogP contribution in [0, 0.1) is 0 Å². The van der Waals surface area contributed by atoms with Gasteiger partial charge in [0.2, 0.25) is 11.8 Å². The Labute approximate surface area is 159 Å². The lowest BCUT2D eigenvalue weighted by Gasteiger charge is -2.44. The van der Waals surface area contributed by atoms with E-state index in [0.29, 0.717) is 24.5 Å². The number of rotatable bonds is 6. The molecule has 138 valence electrons. The van der Waals surface area contributed by atoms with Gasteiger partial charge in [-0.05, 0) is 44.5 Å². The van der Waals surface area contributed by atoms with Crippen molar-refractivity contribution >= 4 is 35.0 Å². The van der Waals surface area contributed by atoms with Crippen LogP contribution in [0.3, 0.4) is 0 Å². The first kappa shape index (κ1) is 20.0. The van der Waals surface area contributed by atoms with Crippen molar-refractivity contribution < 1.29 is 9.59 Å². The predicted octanol–water partition coefficient (Wildman–Crippen LogP) is 2.73. The number of carbonyl (C=O) groups excluding carboxylic acids is 2. The van der Waals surface area contributed by atoms with Gasteiger partial charge < -0.3 is 15.5 Å². The van der Waals surface area contributed by atoms with E-state index >= 15 is 0 Å². The molecule has 2 atom stereocenters. The first-order valence-corrected chi connectivity index (χ1v) is 9.36. The van der Waals surface area contributed by atoms with Crippen LogP contribution in [0.15, 0.2) is 24.3 Å². The fourth-order valence-corrected chi connectivity index (χ4v) is 3.84. The molecule has 1 saturated heterocycles. The van der Waals surface area contributed by atoms with Gasteiger partial charge in [0.05, 0.1) is 6.04 Å². The first-order chi connectivity index (χ1) is 11.8. The summed E-state index contributed by atoms with van der Waals surface area (Å²) >= 11 is 12.2. The largest absolute Gasteiger partial charge is 0.352 e. The standard InChI is InChI=1S/C18H25Cl2N3O2/c1-12(2)22-17(25)18(8-9-21-11-18)23(13(3)24)16(10-19)14-4-6-15(20)7-5-14/h4-7,12,16,21H,8-11H2,1-3H3,(H,22,25). The molecule has 0 radical (unpaired) electrons. The summed E-state index contributed by atoms with van der Waals surface area (Å²) in [5.74, 6) is -0.132. The van der Waals surface area contributed by atoms with E-state index in [9.17, 15) is 9.59 Å². The number of nitrogens with one attached hydrogen (secondary N) is 2. The van der Waals surface area contributed by atoms with Crippen LogP contribution in [0.25, 0.3) is 0 Å². The van der Waals surface area contributed by atoms with Crippen molar-refractivity contribution in [3.8, 4) is 0 Å². The zero-order valence-electron chi connectivity index (χ0n) is 14.8. The average Bonchev–Trinajstić information content (AvgIpc) is 3.03. The number of nitrogens with zero attached hydrogens (tertiary/aromatic N) is 1. The summed E-state index contributed by atoms with van der Waals surface area (Å²) in [5.41, 5.74) is -0.0896. The SMILES string of the molecule is CC(=O)N(C(CCl)c1ccc(Cl)cc1)C1(C(=O)NC(C)C)CCNC1. The van der Waals surface area contributed by atoms with Gasteiger partial charge in [0.15, 0.2) is 0 Å². The average molecular weight is 386 g/mol. The highest BCUT2D eigenvalue weighted by molar-refractivity contribution is 6.30. The van der Waals surface area contributed by atoms with Gasteiger partial charge in [-0.15, -0.1) is 11.6 Å². The molecule has 25 heavy (non-hydrogen) atoms. The van der Waals surface area contributed by atoms with Crippen LogP contribution in [-0.2, 0) is 9.59 Å². The van der Waals surface area contributed by atoms with Gasteiger partial charge in [0.25, 0.3) is 0 Å². The summed E-state index contributed by atoms with van der Waals surface area (Å²) in [6, 6.07) is 6.81. The number of carbonyl (C=O) groups is 2. The van der Waals surface area contributed by atoms with Gasteiger partial charge in [-0.3, -0.25) is 9.59 Å². The number of alkyl halides is 1. The monoisotopic (exact) mass is 385 g/mol. The van der Waals surface area contributed by atoms with Gasteiger partial charge >= 0.3 is 0 Å². The van der Waals surface area contributed by atoms with Crippen molar-refractivity contribution in [2.24, 2.45) is 0 Å². The highest BCUT2D eigenvalue weighted by Crippen LogP contribution is 2.34. The molecule has 1 aromatic carbocycles. The Morgan fingerprint density at radius 3 is 2.40 bits per heavy atom. The number of hydrogen-bond donors (Lipinski definition) is 2. The Morgan fingerprint density at radius 1 is 1.32 bits per heavy atom. The minimum atomic E-state index is -0.949. The summed E-state index contributed by atoms with van der Waals surface area (Å²) in [4.78, 5) is 27.3. The maximum Gasteiger partial charge on any atom is 0.247 e. The lowest BCUT2D eigenvalue weighted by Crippen LogP contribution is -2.63. The molecule has 1 fully saturated rings. The van der Waals surface area contributed by atoms with Crippen LogP contribution >= 0.6 is 23.2 Å². The molecule has 5 nitrogen and oxygen atoms in total.